The second-order valence-corrected chi connectivity index (χ2v) is 4.97. The van der Waals surface area contributed by atoms with E-state index >= 15 is 0 Å². The summed E-state index contributed by atoms with van der Waals surface area (Å²) in [6.45, 7) is 5.01. The van der Waals surface area contributed by atoms with Crippen molar-refractivity contribution in [1.29, 1.82) is 0 Å². The molecule has 0 heterocycles. The molecule has 0 spiro atoms. The molecular formula is C13H18BrNO. The number of nitrogens with zero attached hydrogens (tertiary/aromatic N) is 1. The molecular weight excluding hydrogens is 266 g/mol. The minimum Gasteiger partial charge on any atom is -0.341 e. The summed E-state index contributed by atoms with van der Waals surface area (Å²) in [4.78, 5) is 13.8. The van der Waals surface area contributed by atoms with E-state index in [0.29, 0.717) is 5.92 Å². The van der Waals surface area contributed by atoms with Crippen molar-refractivity contribution in [3.63, 3.8) is 0 Å². The molecule has 0 saturated carbocycles. The van der Waals surface area contributed by atoms with Gasteiger partial charge in [-0.25, -0.2) is 0 Å². The quantitative estimate of drug-likeness (QED) is 0.777. The van der Waals surface area contributed by atoms with Gasteiger partial charge in [-0.05, 0) is 23.6 Å². The first-order chi connectivity index (χ1) is 7.54. The number of alkyl halides is 1. The van der Waals surface area contributed by atoms with Gasteiger partial charge in [0, 0.05) is 24.5 Å². The van der Waals surface area contributed by atoms with Gasteiger partial charge in [0.2, 0.25) is 0 Å². The smallest absolute Gasteiger partial charge is 0.253 e. The van der Waals surface area contributed by atoms with E-state index in [4.69, 9.17) is 0 Å². The molecule has 1 aromatic carbocycles. The van der Waals surface area contributed by atoms with Crippen molar-refractivity contribution >= 4 is 21.8 Å². The van der Waals surface area contributed by atoms with Crippen molar-refractivity contribution < 1.29 is 4.79 Å². The molecule has 0 unspecified atom stereocenters. The number of hydrogen-bond acceptors (Lipinski definition) is 1. The maximum absolute atomic E-state index is 12.0. The molecule has 16 heavy (non-hydrogen) atoms. The van der Waals surface area contributed by atoms with E-state index in [1.54, 1.807) is 4.90 Å². The van der Waals surface area contributed by atoms with Gasteiger partial charge in [0.25, 0.3) is 5.91 Å². The Hall–Kier alpha value is -0.830. The molecule has 0 aliphatic carbocycles. The van der Waals surface area contributed by atoms with Crippen LogP contribution in [-0.2, 0) is 5.33 Å². The lowest BCUT2D eigenvalue weighted by atomic mass is 10.1. The SMILES string of the molecule is CC(C)CN(C)C(=O)c1ccc(CBr)cc1. The van der Waals surface area contributed by atoms with Crippen LogP contribution in [-0.4, -0.2) is 24.4 Å². The lowest BCUT2D eigenvalue weighted by Crippen LogP contribution is -2.30. The topological polar surface area (TPSA) is 20.3 Å². The van der Waals surface area contributed by atoms with E-state index in [9.17, 15) is 4.79 Å². The van der Waals surface area contributed by atoms with Crippen molar-refractivity contribution in [2.75, 3.05) is 13.6 Å². The first-order valence-corrected chi connectivity index (χ1v) is 6.57. The van der Waals surface area contributed by atoms with Crippen molar-refractivity contribution in [2.45, 2.75) is 19.2 Å². The Kier molecular flexibility index (Phi) is 5.00. The summed E-state index contributed by atoms with van der Waals surface area (Å²) in [5.41, 5.74) is 1.94. The standard InChI is InChI=1S/C13H18BrNO/c1-10(2)9-15(3)13(16)12-6-4-11(8-14)5-7-12/h4-7,10H,8-9H2,1-3H3. The summed E-state index contributed by atoms with van der Waals surface area (Å²) in [6.07, 6.45) is 0. The van der Waals surface area contributed by atoms with Gasteiger partial charge in [-0.2, -0.15) is 0 Å². The molecule has 1 rings (SSSR count). The fourth-order valence-electron chi connectivity index (χ4n) is 1.59. The van der Waals surface area contributed by atoms with Crippen LogP contribution in [0.2, 0.25) is 0 Å². The Labute approximate surface area is 106 Å². The first-order valence-electron chi connectivity index (χ1n) is 5.45. The van der Waals surface area contributed by atoms with Gasteiger partial charge in [-0.1, -0.05) is 41.9 Å². The summed E-state index contributed by atoms with van der Waals surface area (Å²) in [5.74, 6) is 0.589. The lowest BCUT2D eigenvalue weighted by molar-refractivity contribution is 0.0779. The average molecular weight is 284 g/mol. The molecule has 1 aromatic rings. The molecule has 0 aromatic heterocycles. The monoisotopic (exact) mass is 283 g/mol. The van der Waals surface area contributed by atoms with Crippen LogP contribution in [0, 0.1) is 5.92 Å². The molecule has 2 nitrogen and oxygen atoms in total. The van der Waals surface area contributed by atoms with E-state index in [1.807, 2.05) is 31.3 Å². The predicted molar refractivity (Wildman–Crippen MR) is 70.9 cm³/mol. The number of amides is 1. The fraction of sp³-hybridized carbons (Fsp3) is 0.462. The van der Waals surface area contributed by atoms with E-state index in [1.165, 1.54) is 5.56 Å². The Morgan fingerprint density at radius 2 is 1.88 bits per heavy atom. The summed E-state index contributed by atoms with van der Waals surface area (Å²) in [6, 6.07) is 7.72. The average Bonchev–Trinajstić information content (AvgIpc) is 2.27. The molecule has 0 atom stereocenters. The molecule has 0 aliphatic rings. The molecule has 0 saturated heterocycles. The maximum atomic E-state index is 12.0. The summed E-state index contributed by atoms with van der Waals surface area (Å²) in [7, 11) is 1.85. The molecule has 0 radical (unpaired) electrons. The highest BCUT2D eigenvalue weighted by Crippen LogP contribution is 2.10. The zero-order chi connectivity index (χ0) is 12.1. The highest BCUT2D eigenvalue weighted by Gasteiger charge is 2.12. The van der Waals surface area contributed by atoms with Gasteiger partial charge in [0.05, 0.1) is 0 Å². The third-order valence-electron chi connectivity index (χ3n) is 2.34. The molecule has 0 fully saturated rings. The Bertz CT molecular complexity index is 345. The van der Waals surface area contributed by atoms with Gasteiger partial charge >= 0.3 is 0 Å². The van der Waals surface area contributed by atoms with E-state index < -0.39 is 0 Å². The van der Waals surface area contributed by atoms with E-state index in [-0.39, 0.29) is 5.91 Å². The van der Waals surface area contributed by atoms with Crippen LogP contribution in [0.25, 0.3) is 0 Å². The maximum Gasteiger partial charge on any atom is 0.253 e. The largest absolute Gasteiger partial charge is 0.341 e. The number of halogens is 1. The van der Waals surface area contributed by atoms with Gasteiger partial charge in [0.15, 0.2) is 0 Å². The Balaban J connectivity index is 2.72. The second-order valence-electron chi connectivity index (χ2n) is 4.41. The predicted octanol–water partition coefficient (Wildman–Crippen LogP) is 3.31. The number of benzene rings is 1. The van der Waals surface area contributed by atoms with Crippen LogP contribution in [0.1, 0.15) is 29.8 Å². The molecule has 0 bridgehead atoms. The van der Waals surface area contributed by atoms with Crippen molar-refractivity contribution in [2.24, 2.45) is 5.92 Å². The highest BCUT2D eigenvalue weighted by atomic mass is 79.9. The first kappa shape index (κ1) is 13.2. The van der Waals surface area contributed by atoms with Gasteiger partial charge in [0.1, 0.15) is 0 Å². The number of hydrogen-bond donors (Lipinski definition) is 0. The number of rotatable bonds is 4. The zero-order valence-corrected chi connectivity index (χ0v) is 11.6. The van der Waals surface area contributed by atoms with E-state index in [0.717, 1.165) is 17.4 Å². The van der Waals surface area contributed by atoms with Crippen LogP contribution in [0.15, 0.2) is 24.3 Å². The Morgan fingerprint density at radius 3 is 2.31 bits per heavy atom. The van der Waals surface area contributed by atoms with Crippen LogP contribution in [0.3, 0.4) is 0 Å². The molecule has 3 heteroatoms. The summed E-state index contributed by atoms with van der Waals surface area (Å²) >= 11 is 3.39. The number of carbonyl (C=O) groups excluding carboxylic acids is 1. The lowest BCUT2D eigenvalue weighted by Gasteiger charge is -2.19. The third-order valence-corrected chi connectivity index (χ3v) is 2.99. The van der Waals surface area contributed by atoms with Crippen molar-refractivity contribution in [1.82, 2.24) is 4.90 Å². The summed E-state index contributed by atoms with van der Waals surface area (Å²) in [5, 5.41) is 0.823. The minimum absolute atomic E-state index is 0.0924. The van der Waals surface area contributed by atoms with Crippen LogP contribution in [0.5, 0.6) is 0 Å². The van der Waals surface area contributed by atoms with Gasteiger partial charge in [-0.15, -0.1) is 0 Å². The highest BCUT2D eigenvalue weighted by molar-refractivity contribution is 9.08. The van der Waals surface area contributed by atoms with Crippen LogP contribution in [0.4, 0.5) is 0 Å². The van der Waals surface area contributed by atoms with Gasteiger partial charge < -0.3 is 4.90 Å². The summed E-state index contributed by atoms with van der Waals surface area (Å²) < 4.78 is 0. The Morgan fingerprint density at radius 1 is 1.31 bits per heavy atom. The molecule has 88 valence electrons. The third kappa shape index (κ3) is 3.63. The van der Waals surface area contributed by atoms with E-state index in [2.05, 4.69) is 29.8 Å². The normalized spacial score (nSPS) is 10.6. The van der Waals surface area contributed by atoms with Crippen molar-refractivity contribution in [3.8, 4) is 0 Å². The minimum atomic E-state index is 0.0924. The fourth-order valence-corrected chi connectivity index (χ4v) is 1.96. The molecule has 0 N–H and O–H groups in total. The van der Waals surface area contributed by atoms with Crippen LogP contribution < -0.4 is 0 Å². The molecule has 1 amide bonds. The van der Waals surface area contributed by atoms with Crippen molar-refractivity contribution in [3.05, 3.63) is 35.4 Å². The number of carbonyl (C=O) groups is 1. The second kappa shape index (κ2) is 6.04. The zero-order valence-electron chi connectivity index (χ0n) is 10.0. The van der Waals surface area contributed by atoms with Crippen LogP contribution >= 0.6 is 15.9 Å². The molecule has 0 aliphatic heterocycles. The van der Waals surface area contributed by atoms with Gasteiger partial charge in [-0.3, -0.25) is 4.79 Å².